The van der Waals surface area contributed by atoms with Crippen LogP contribution in [-0.4, -0.2) is 29.0 Å². The van der Waals surface area contributed by atoms with Crippen molar-refractivity contribution in [1.29, 1.82) is 0 Å². The molecular weight excluding hydrogens is 332 g/mol. The number of benzene rings is 2. The number of methoxy groups -OCH3 is 1. The van der Waals surface area contributed by atoms with Crippen LogP contribution in [0.15, 0.2) is 51.7 Å². The summed E-state index contributed by atoms with van der Waals surface area (Å²) >= 11 is 0. The Kier molecular flexibility index (Phi) is 4.24. The molecule has 4 rings (SSSR count). The predicted octanol–water partition coefficient (Wildman–Crippen LogP) is 2.58. The Bertz CT molecular complexity index is 1020. The fraction of sp³-hybridized carbons (Fsp3) is 0.300. The lowest BCUT2D eigenvalue weighted by molar-refractivity contribution is -0.132. The molecule has 0 unspecified atom stereocenters. The van der Waals surface area contributed by atoms with E-state index in [-0.39, 0.29) is 12.3 Å². The maximum absolute atomic E-state index is 12.7. The molecule has 3 aromatic rings. The molecule has 0 aliphatic carbocycles. The molecule has 6 heteroatoms. The molecule has 1 aliphatic heterocycles. The van der Waals surface area contributed by atoms with E-state index in [1.165, 1.54) is 10.1 Å². The second kappa shape index (κ2) is 6.71. The molecule has 1 aliphatic rings. The number of aromatic nitrogens is 1. The summed E-state index contributed by atoms with van der Waals surface area (Å²) in [4.78, 5) is 26.5. The lowest BCUT2D eigenvalue weighted by Crippen LogP contribution is -2.36. The molecule has 2 heterocycles. The van der Waals surface area contributed by atoms with Gasteiger partial charge in [0, 0.05) is 26.1 Å². The van der Waals surface area contributed by atoms with E-state index >= 15 is 0 Å². The highest BCUT2D eigenvalue weighted by atomic mass is 16.5. The minimum absolute atomic E-state index is 0.0376. The SMILES string of the molecule is COc1ccc2c(c1)CN(C(=O)CCn1c(=O)oc3ccccc31)CC2. The van der Waals surface area contributed by atoms with Crippen LogP contribution in [0.4, 0.5) is 0 Å². The van der Waals surface area contributed by atoms with Gasteiger partial charge in [-0.3, -0.25) is 9.36 Å². The third-order valence-electron chi connectivity index (χ3n) is 4.90. The van der Waals surface area contributed by atoms with Crippen LogP contribution < -0.4 is 10.5 Å². The first-order valence-corrected chi connectivity index (χ1v) is 8.67. The maximum Gasteiger partial charge on any atom is 0.419 e. The van der Waals surface area contributed by atoms with Gasteiger partial charge in [-0.25, -0.2) is 4.79 Å². The standard InChI is InChI=1S/C20H20N2O4/c1-25-16-7-6-14-8-10-21(13-15(14)12-16)19(23)9-11-22-17-4-2-3-5-18(17)26-20(22)24/h2-7,12H,8-11,13H2,1H3. The third-order valence-corrected chi connectivity index (χ3v) is 4.90. The number of rotatable bonds is 4. The van der Waals surface area contributed by atoms with Gasteiger partial charge in [0.15, 0.2) is 5.58 Å². The molecule has 0 saturated heterocycles. The van der Waals surface area contributed by atoms with Gasteiger partial charge < -0.3 is 14.1 Å². The van der Waals surface area contributed by atoms with Gasteiger partial charge in [0.05, 0.1) is 12.6 Å². The van der Waals surface area contributed by atoms with Gasteiger partial charge in [-0.05, 0) is 41.8 Å². The first kappa shape index (κ1) is 16.4. The largest absolute Gasteiger partial charge is 0.497 e. The van der Waals surface area contributed by atoms with E-state index in [4.69, 9.17) is 9.15 Å². The lowest BCUT2D eigenvalue weighted by atomic mass is 9.99. The zero-order chi connectivity index (χ0) is 18.1. The van der Waals surface area contributed by atoms with Crippen LogP contribution in [0.3, 0.4) is 0 Å². The van der Waals surface area contributed by atoms with Crippen molar-refractivity contribution in [3.8, 4) is 5.75 Å². The average Bonchev–Trinajstić information content (AvgIpc) is 3.00. The molecule has 6 nitrogen and oxygen atoms in total. The molecule has 0 N–H and O–H groups in total. The van der Waals surface area contributed by atoms with E-state index < -0.39 is 5.76 Å². The number of para-hydroxylation sites is 2. The molecule has 0 atom stereocenters. The first-order chi connectivity index (χ1) is 12.7. The van der Waals surface area contributed by atoms with Gasteiger partial charge in [-0.15, -0.1) is 0 Å². The number of carbonyl (C=O) groups is 1. The molecule has 0 radical (unpaired) electrons. The van der Waals surface area contributed by atoms with Crippen molar-refractivity contribution in [3.63, 3.8) is 0 Å². The van der Waals surface area contributed by atoms with Crippen molar-refractivity contribution in [2.45, 2.75) is 25.9 Å². The number of carbonyl (C=O) groups excluding carboxylic acids is 1. The smallest absolute Gasteiger partial charge is 0.419 e. The van der Waals surface area contributed by atoms with E-state index in [0.29, 0.717) is 25.2 Å². The summed E-state index contributed by atoms with van der Waals surface area (Å²) in [6.45, 7) is 1.59. The number of oxazole rings is 1. The second-order valence-electron chi connectivity index (χ2n) is 6.44. The summed E-state index contributed by atoms with van der Waals surface area (Å²) in [6.07, 6.45) is 1.10. The first-order valence-electron chi connectivity index (χ1n) is 8.67. The molecule has 26 heavy (non-hydrogen) atoms. The van der Waals surface area contributed by atoms with Gasteiger partial charge in [0.1, 0.15) is 5.75 Å². The third kappa shape index (κ3) is 2.98. The normalized spacial score (nSPS) is 13.7. The highest BCUT2D eigenvalue weighted by molar-refractivity contribution is 5.77. The van der Waals surface area contributed by atoms with Crippen molar-refractivity contribution < 1.29 is 13.9 Å². The van der Waals surface area contributed by atoms with Gasteiger partial charge in [-0.1, -0.05) is 18.2 Å². The highest BCUT2D eigenvalue weighted by Gasteiger charge is 2.21. The van der Waals surface area contributed by atoms with Gasteiger partial charge in [0.2, 0.25) is 5.91 Å². The number of aryl methyl sites for hydroxylation is 1. The highest BCUT2D eigenvalue weighted by Crippen LogP contribution is 2.24. The van der Waals surface area contributed by atoms with Crippen molar-refractivity contribution >= 4 is 17.0 Å². The summed E-state index contributed by atoms with van der Waals surface area (Å²) in [5.74, 6) is 0.415. The minimum Gasteiger partial charge on any atom is -0.497 e. The molecule has 0 saturated carbocycles. The lowest BCUT2D eigenvalue weighted by Gasteiger charge is -2.29. The number of hydrogen-bond donors (Lipinski definition) is 0. The molecule has 134 valence electrons. The van der Waals surface area contributed by atoms with E-state index in [2.05, 4.69) is 6.07 Å². The van der Waals surface area contributed by atoms with Crippen LogP contribution in [0.25, 0.3) is 11.1 Å². The van der Waals surface area contributed by atoms with E-state index in [1.807, 2.05) is 35.2 Å². The Morgan fingerprint density at radius 2 is 2.04 bits per heavy atom. The fourth-order valence-electron chi connectivity index (χ4n) is 3.46. The summed E-state index contributed by atoms with van der Waals surface area (Å²) in [5, 5.41) is 0. The minimum atomic E-state index is -0.423. The van der Waals surface area contributed by atoms with Crippen LogP contribution in [-0.2, 0) is 24.3 Å². The van der Waals surface area contributed by atoms with Crippen LogP contribution in [0.5, 0.6) is 5.75 Å². The molecule has 0 fully saturated rings. The fourth-order valence-corrected chi connectivity index (χ4v) is 3.46. The average molecular weight is 352 g/mol. The quantitative estimate of drug-likeness (QED) is 0.724. The summed E-state index contributed by atoms with van der Waals surface area (Å²) in [6, 6.07) is 13.3. The molecular formula is C20H20N2O4. The van der Waals surface area contributed by atoms with E-state index in [0.717, 1.165) is 23.3 Å². The second-order valence-corrected chi connectivity index (χ2v) is 6.44. The Morgan fingerprint density at radius 1 is 1.19 bits per heavy atom. The van der Waals surface area contributed by atoms with Crippen molar-refractivity contribution in [2.24, 2.45) is 0 Å². The van der Waals surface area contributed by atoms with E-state index in [1.54, 1.807) is 13.2 Å². The Balaban J connectivity index is 1.47. The summed E-state index contributed by atoms with van der Waals surface area (Å²) in [7, 11) is 1.64. The predicted molar refractivity (Wildman–Crippen MR) is 97.2 cm³/mol. The van der Waals surface area contributed by atoms with Crippen molar-refractivity contribution in [1.82, 2.24) is 9.47 Å². The Hall–Kier alpha value is -3.02. The number of nitrogens with zero attached hydrogens (tertiary/aromatic N) is 2. The molecule has 2 aromatic carbocycles. The number of fused-ring (bicyclic) bond motifs is 2. The Morgan fingerprint density at radius 3 is 2.88 bits per heavy atom. The van der Waals surface area contributed by atoms with E-state index in [9.17, 15) is 9.59 Å². The molecule has 0 spiro atoms. The van der Waals surface area contributed by atoms with Gasteiger partial charge in [-0.2, -0.15) is 0 Å². The van der Waals surface area contributed by atoms with Gasteiger partial charge in [0.25, 0.3) is 0 Å². The van der Waals surface area contributed by atoms with Crippen LogP contribution >= 0.6 is 0 Å². The topological polar surface area (TPSA) is 64.7 Å². The number of amides is 1. The molecule has 1 amide bonds. The van der Waals surface area contributed by atoms with Crippen LogP contribution in [0.1, 0.15) is 17.5 Å². The van der Waals surface area contributed by atoms with Gasteiger partial charge >= 0.3 is 5.76 Å². The number of ether oxygens (including phenoxy) is 1. The molecule has 0 bridgehead atoms. The Labute approximate surface area is 150 Å². The summed E-state index contributed by atoms with van der Waals surface area (Å²) < 4.78 is 12.0. The van der Waals surface area contributed by atoms with Crippen molar-refractivity contribution in [2.75, 3.05) is 13.7 Å². The van der Waals surface area contributed by atoms with Crippen LogP contribution in [0.2, 0.25) is 0 Å². The zero-order valence-electron chi connectivity index (χ0n) is 14.6. The monoisotopic (exact) mass is 352 g/mol. The summed E-state index contributed by atoms with van der Waals surface area (Å²) in [5.41, 5.74) is 3.64. The van der Waals surface area contributed by atoms with Crippen molar-refractivity contribution in [3.05, 3.63) is 64.1 Å². The zero-order valence-corrected chi connectivity index (χ0v) is 14.6. The maximum atomic E-state index is 12.7. The van der Waals surface area contributed by atoms with Crippen LogP contribution in [0, 0.1) is 0 Å². The molecule has 1 aromatic heterocycles. The number of hydrogen-bond acceptors (Lipinski definition) is 4.